The van der Waals surface area contributed by atoms with Crippen LogP contribution in [0.4, 0.5) is 0 Å². The third-order valence-electron chi connectivity index (χ3n) is 5.12. The van der Waals surface area contributed by atoms with Crippen molar-refractivity contribution in [2.75, 3.05) is 19.4 Å². The molecule has 2 N–H and O–H groups in total. The van der Waals surface area contributed by atoms with Crippen LogP contribution in [0.25, 0.3) is 0 Å². The summed E-state index contributed by atoms with van der Waals surface area (Å²) in [5.74, 6) is -2.34. The number of esters is 1. The minimum Gasteiger partial charge on any atom is -0.481 e. The fourth-order valence-corrected chi connectivity index (χ4v) is 5.67. The monoisotopic (exact) mass is 490 g/mol. The molecule has 0 aromatic carbocycles. The molecule has 33 heavy (non-hydrogen) atoms. The van der Waals surface area contributed by atoms with Gasteiger partial charge in [-0.3, -0.25) is 28.5 Å². The van der Waals surface area contributed by atoms with Crippen LogP contribution in [0.5, 0.6) is 0 Å². The van der Waals surface area contributed by atoms with E-state index in [1.807, 2.05) is 0 Å². The van der Waals surface area contributed by atoms with Crippen molar-refractivity contribution < 1.29 is 37.8 Å². The Balaban J connectivity index is 2.29. The van der Waals surface area contributed by atoms with Crippen LogP contribution < -0.4 is 11.2 Å². The lowest BCUT2D eigenvalue weighted by molar-refractivity contribution is -0.155. The van der Waals surface area contributed by atoms with Crippen LogP contribution in [0.15, 0.2) is 15.8 Å². The minimum absolute atomic E-state index is 0.0191. The van der Waals surface area contributed by atoms with Crippen molar-refractivity contribution in [3.05, 3.63) is 32.6 Å². The van der Waals surface area contributed by atoms with Crippen LogP contribution in [0.3, 0.4) is 0 Å². The number of aryl methyl sites for hydroxylation is 1. The van der Waals surface area contributed by atoms with Crippen molar-refractivity contribution in [3.63, 3.8) is 0 Å². The molecule has 4 unspecified atom stereocenters. The molecular formula is C20H31N2O10P. The topological polar surface area (TPSA) is 163 Å². The Bertz CT molecular complexity index is 993. The Morgan fingerprint density at radius 3 is 2.48 bits per heavy atom. The molecule has 2 rings (SSSR count). The van der Waals surface area contributed by atoms with E-state index in [1.165, 1.54) is 17.7 Å². The van der Waals surface area contributed by atoms with E-state index >= 15 is 0 Å². The van der Waals surface area contributed by atoms with E-state index in [1.54, 1.807) is 20.8 Å². The molecule has 0 saturated carbocycles. The number of nitrogens with one attached hydrogen (secondary N) is 1. The van der Waals surface area contributed by atoms with Gasteiger partial charge >= 0.3 is 25.2 Å². The Hall–Kier alpha value is -2.27. The quantitative estimate of drug-likeness (QED) is 0.326. The van der Waals surface area contributed by atoms with Crippen LogP contribution >= 0.6 is 7.60 Å². The number of aliphatic carboxylic acids is 1. The lowest BCUT2D eigenvalue weighted by Crippen LogP contribution is -2.35. The Labute approximate surface area is 190 Å². The van der Waals surface area contributed by atoms with Crippen LogP contribution in [0.1, 0.15) is 51.8 Å². The minimum atomic E-state index is -3.44. The highest BCUT2D eigenvalue weighted by molar-refractivity contribution is 7.53. The van der Waals surface area contributed by atoms with Gasteiger partial charge in [-0.05, 0) is 26.7 Å². The molecule has 0 bridgehead atoms. The zero-order valence-electron chi connectivity index (χ0n) is 19.1. The summed E-state index contributed by atoms with van der Waals surface area (Å²) in [6.45, 7) is 7.01. The van der Waals surface area contributed by atoms with Gasteiger partial charge in [-0.15, -0.1) is 0 Å². The Morgan fingerprint density at radius 2 is 1.91 bits per heavy atom. The van der Waals surface area contributed by atoms with Crippen molar-refractivity contribution in [1.29, 1.82) is 0 Å². The second-order valence-corrected chi connectivity index (χ2v) is 9.90. The van der Waals surface area contributed by atoms with Crippen LogP contribution in [-0.2, 0) is 32.7 Å². The molecule has 1 saturated heterocycles. The first-order valence-corrected chi connectivity index (χ1v) is 12.5. The molecule has 1 fully saturated rings. The number of hydrogen-bond donors (Lipinski definition) is 2. The molecule has 0 amide bonds. The lowest BCUT2D eigenvalue weighted by atomic mass is 10.0. The standard InChI is InChI=1S/C20H31N2O10P/c1-5-29-33(28,30-6-2)11-13(4)18-14(31-17(25)8-7-16(23)24)9-15(32-18)22-10-12(3)19(26)21-20(22)27/h10,13-15,18H,5-9,11H2,1-4H3,(H,23,24)(H,21,26,27). The van der Waals surface area contributed by atoms with Crippen LogP contribution in [-0.4, -0.2) is 58.2 Å². The molecule has 1 aromatic rings. The number of aromatic amines is 1. The number of carbonyl (C=O) groups excluding carboxylic acids is 1. The van der Waals surface area contributed by atoms with E-state index in [2.05, 4.69) is 4.98 Å². The first-order chi connectivity index (χ1) is 15.5. The van der Waals surface area contributed by atoms with Gasteiger partial charge < -0.3 is 23.6 Å². The number of aromatic nitrogens is 2. The number of hydrogen-bond acceptors (Lipinski definition) is 9. The average Bonchev–Trinajstić information content (AvgIpc) is 3.13. The third-order valence-corrected chi connectivity index (χ3v) is 7.45. The van der Waals surface area contributed by atoms with E-state index in [4.69, 9.17) is 23.6 Å². The highest BCUT2D eigenvalue weighted by Gasteiger charge is 2.44. The summed E-state index contributed by atoms with van der Waals surface area (Å²) >= 11 is 0. The second-order valence-electron chi connectivity index (χ2n) is 7.80. The van der Waals surface area contributed by atoms with E-state index in [0.29, 0.717) is 5.56 Å². The summed E-state index contributed by atoms with van der Waals surface area (Å²) < 4.78 is 36.4. The first kappa shape index (κ1) is 27.0. The number of ether oxygens (including phenoxy) is 2. The van der Waals surface area contributed by atoms with Gasteiger partial charge in [0.1, 0.15) is 18.4 Å². The molecule has 1 aromatic heterocycles. The fourth-order valence-electron chi connectivity index (χ4n) is 3.68. The molecule has 0 radical (unpaired) electrons. The third kappa shape index (κ3) is 7.36. The van der Waals surface area contributed by atoms with Gasteiger partial charge in [0.25, 0.3) is 5.56 Å². The summed E-state index contributed by atoms with van der Waals surface area (Å²) in [6.07, 6.45) is -1.80. The Morgan fingerprint density at radius 1 is 1.27 bits per heavy atom. The van der Waals surface area contributed by atoms with Crippen LogP contribution in [0, 0.1) is 12.8 Å². The summed E-state index contributed by atoms with van der Waals surface area (Å²) in [7, 11) is -3.44. The maximum atomic E-state index is 13.0. The maximum absolute atomic E-state index is 13.0. The van der Waals surface area contributed by atoms with Gasteiger partial charge in [0, 0.05) is 18.2 Å². The zero-order chi connectivity index (χ0) is 24.8. The summed E-state index contributed by atoms with van der Waals surface area (Å²) in [5.41, 5.74) is -0.916. The Kier molecular flexibility index (Phi) is 9.59. The highest BCUT2D eigenvalue weighted by Crippen LogP contribution is 2.51. The van der Waals surface area contributed by atoms with E-state index in [9.17, 15) is 23.7 Å². The molecule has 0 aliphatic carbocycles. The van der Waals surface area contributed by atoms with E-state index < -0.39 is 61.6 Å². The molecular weight excluding hydrogens is 459 g/mol. The van der Waals surface area contributed by atoms with Crippen LogP contribution in [0.2, 0.25) is 0 Å². The number of H-pyrrole nitrogens is 1. The normalized spacial score (nSPS) is 21.6. The summed E-state index contributed by atoms with van der Waals surface area (Å²) in [5, 5.41) is 8.80. The van der Waals surface area contributed by atoms with Crippen molar-refractivity contribution in [2.24, 2.45) is 5.92 Å². The van der Waals surface area contributed by atoms with E-state index in [-0.39, 0.29) is 32.2 Å². The predicted octanol–water partition coefficient (Wildman–Crippen LogP) is 1.81. The van der Waals surface area contributed by atoms with Gasteiger partial charge in [-0.2, -0.15) is 0 Å². The number of nitrogens with zero attached hydrogens (tertiary/aromatic N) is 1. The second kappa shape index (κ2) is 11.7. The van der Waals surface area contributed by atoms with Gasteiger partial charge in [0.15, 0.2) is 0 Å². The SMILES string of the molecule is CCOP(=O)(CC(C)C1OC(n2cc(C)c(=O)[nH]c2=O)CC1OC(=O)CCC(=O)O)OCC. The largest absolute Gasteiger partial charge is 0.481 e. The molecule has 12 nitrogen and oxygen atoms in total. The predicted molar refractivity (Wildman–Crippen MR) is 116 cm³/mol. The lowest BCUT2D eigenvalue weighted by Gasteiger charge is -2.27. The average molecular weight is 490 g/mol. The van der Waals surface area contributed by atoms with Gasteiger partial charge in [-0.1, -0.05) is 6.92 Å². The smallest absolute Gasteiger partial charge is 0.331 e. The fraction of sp³-hybridized carbons (Fsp3) is 0.700. The molecule has 13 heteroatoms. The number of carboxylic acids is 1. The van der Waals surface area contributed by atoms with Crippen molar-refractivity contribution in [3.8, 4) is 0 Å². The highest BCUT2D eigenvalue weighted by atomic mass is 31.2. The molecule has 1 aliphatic heterocycles. The number of carboxylic acid groups (broad SMARTS) is 1. The van der Waals surface area contributed by atoms with Crippen molar-refractivity contribution in [1.82, 2.24) is 9.55 Å². The summed E-state index contributed by atoms with van der Waals surface area (Å²) in [4.78, 5) is 49.2. The van der Waals surface area contributed by atoms with Crippen molar-refractivity contribution in [2.45, 2.75) is 65.4 Å². The number of carbonyl (C=O) groups is 2. The molecule has 0 spiro atoms. The van der Waals surface area contributed by atoms with Gasteiger partial charge in [-0.25, -0.2) is 4.79 Å². The van der Waals surface area contributed by atoms with Gasteiger partial charge in [0.05, 0.1) is 32.2 Å². The zero-order valence-corrected chi connectivity index (χ0v) is 20.0. The van der Waals surface area contributed by atoms with Gasteiger partial charge in [0.2, 0.25) is 0 Å². The molecule has 1 aliphatic rings. The molecule has 2 heterocycles. The van der Waals surface area contributed by atoms with E-state index in [0.717, 1.165) is 0 Å². The maximum Gasteiger partial charge on any atom is 0.331 e. The molecule has 4 atom stereocenters. The van der Waals surface area contributed by atoms with Crippen molar-refractivity contribution >= 4 is 19.5 Å². The first-order valence-electron chi connectivity index (χ1n) is 10.8. The number of rotatable bonds is 12. The molecule has 186 valence electrons. The summed E-state index contributed by atoms with van der Waals surface area (Å²) in [6, 6.07) is 0.